The number of hydrogen-bond donors (Lipinski definition) is 0. The smallest absolute Gasteiger partial charge is 0.416 e. The first-order chi connectivity index (χ1) is 11.7. The maximum atomic E-state index is 13.0. The van der Waals surface area contributed by atoms with E-state index in [0.29, 0.717) is 0 Å². The quantitative estimate of drug-likeness (QED) is 0.793. The van der Waals surface area contributed by atoms with Crippen LogP contribution < -0.4 is 0 Å². The Morgan fingerprint density at radius 2 is 1.84 bits per heavy atom. The van der Waals surface area contributed by atoms with E-state index in [1.54, 1.807) is 0 Å². The first-order valence-electron chi connectivity index (χ1n) is 7.19. The summed E-state index contributed by atoms with van der Waals surface area (Å²) in [4.78, 5) is 28.7. The van der Waals surface area contributed by atoms with Crippen molar-refractivity contribution < 1.29 is 27.5 Å². The summed E-state index contributed by atoms with van der Waals surface area (Å²) in [5.41, 5.74) is -0.621. The van der Waals surface area contributed by atoms with Gasteiger partial charge in [-0.05, 0) is 23.8 Å². The van der Waals surface area contributed by atoms with Crippen LogP contribution in [0.25, 0.3) is 0 Å². The van der Waals surface area contributed by atoms with Crippen LogP contribution in [0.2, 0.25) is 0 Å². The average molecular weight is 352 g/mol. The van der Waals surface area contributed by atoms with Gasteiger partial charge < -0.3 is 9.64 Å². The van der Waals surface area contributed by atoms with E-state index in [2.05, 4.69) is 9.72 Å². The van der Waals surface area contributed by atoms with Crippen molar-refractivity contribution in [1.29, 1.82) is 0 Å². The highest BCUT2D eigenvalue weighted by Crippen LogP contribution is 2.32. The fourth-order valence-corrected chi connectivity index (χ4v) is 2.22. The van der Waals surface area contributed by atoms with Crippen LogP contribution in [0.1, 0.15) is 32.0 Å². The molecule has 0 aliphatic carbocycles. The molecule has 5 nitrogen and oxygen atoms in total. The summed E-state index contributed by atoms with van der Waals surface area (Å²) in [5.74, 6) is -1.16. The maximum absolute atomic E-state index is 13.0. The lowest BCUT2D eigenvalue weighted by atomic mass is 10.1. The van der Waals surface area contributed by atoms with Gasteiger partial charge in [0.15, 0.2) is 0 Å². The Balaban J connectivity index is 2.17. The van der Waals surface area contributed by atoms with Crippen LogP contribution in [0.4, 0.5) is 13.2 Å². The molecule has 0 aliphatic heterocycles. The molecule has 1 amide bonds. The van der Waals surface area contributed by atoms with Gasteiger partial charge in [0, 0.05) is 19.8 Å². The Bertz CT molecular complexity index is 773. The van der Waals surface area contributed by atoms with Crippen molar-refractivity contribution in [3.63, 3.8) is 0 Å². The minimum absolute atomic E-state index is 0.0136. The van der Waals surface area contributed by atoms with Crippen LogP contribution in [0.15, 0.2) is 42.6 Å². The molecular weight excluding hydrogens is 337 g/mol. The number of nitrogens with zero attached hydrogens (tertiary/aromatic N) is 2. The molecule has 0 saturated heterocycles. The maximum Gasteiger partial charge on any atom is 0.416 e. The number of carbonyl (C=O) groups is 2. The molecule has 2 rings (SSSR count). The minimum Gasteiger partial charge on any atom is -0.465 e. The van der Waals surface area contributed by atoms with Gasteiger partial charge in [-0.2, -0.15) is 13.2 Å². The lowest BCUT2D eigenvalue weighted by Gasteiger charge is -2.20. The lowest BCUT2D eigenvalue weighted by Crippen LogP contribution is -2.28. The molecule has 1 aromatic heterocycles. The Hall–Kier alpha value is -2.90. The molecule has 25 heavy (non-hydrogen) atoms. The SMILES string of the molecule is COC(=O)c1ccc(C(=O)N(C)Cc2ccccc2C(F)(F)F)nc1. The molecule has 1 heterocycles. The van der Waals surface area contributed by atoms with E-state index in [1.165, 1.54) is 50.7 Å². The molecule has 1 aromatic carbocycles. The first-order valence-corrected chi connectivity index (χ1v) is 7.19. The van der Waals surface area contributed by atoms with Crippen LogP contribution >= 0.6 is 0 Å². The molecule has 0 spiro atoms. The lowest BCUT2D eigenvalue weighted by molar-refractivity contribution is -0.138. The van der Waals surface area contributed by atoms with Crippen molar-refractivity contribution in [1.82, 2.24) is 9.88 Å². The van der Waals surface area contributed by atoms with E-state index < -0.39 is 23.6 Å². The first kappa shape index (κ1) is 18.4. The fourth-order valence-electron chi connectivity index (χ4n) is 2.22. The largest absolute Gasteiger partial charge is 0.465 e. The molecule has 2 aromatic rings. The fraction of sp³-hybridized carbons (Fsp3) is 0.235. The van der Waals surface area contributed by atoms with Crippen LogP contribution in [-0.2, 0) is 17.5 Å². The summed E-state index contributed by atoms with van der Waals surface area (Å²) >= 11 is 0. The highest BCUT2D eigenvalue weighted by Gasteiger charge is 2.33. The van der Waals surface area contributed by atoms with Gasteiger partial charge in [0.2, 0.25) is 0 Å². The summed E-state index contributed by atoms with van der Waals surface area (Å²) in [6, 6.07) is 7.75. The summed E-state index contributed by atoms with van der Waals surface area (Å²) in [7, 11) is 2.60. The summed E-state index contributed by atoms with van der Waals surface area (Å²) in [6.07, 6.45) is -3.32. The van der Waals surface area contributed by atoms with E-state index in [9.17, 15) is 22.8 Å². The topological polar surface area (TPSA) is 59.5 Å². The van der Waals surface area contributed by atoms with Crippen LogP contribution in [0.3, 0.4) is 0 Å². The number of carbonyl (C=O) groups excluding carboxylic acids is 2. The zero-order valence-electron chi connectivity index (χ0n) is 13.5. The van der Waals surface area contributed by atoms with Gasteiger partial charge in [0.1, 0.15) is 5.69 Å². The van der Waals surface area contributed by atoms with Gasteiger partial charge in [-0.15, -0.1) is 0 Å². The second kappa shape index (κ2) is 7.33. The number of rotatable bonds is 4. The number of alkyl halides is 3. The molecule has 0 saturated carbocycles. The molecule has 0 atom stereocenters. The van der Waals surface area contributed by atoms with Crippen molar-refractivity contribution in [3.05, 3.63) is 65.0 Å². The van der Waals surface area contributed by atoms with E-state index in [1.807, 2.05) is 0 Å². The standard InChI is InChI=1S/C17H15F3N2O3/c1-22(10-12-5-3-4-6-13(12)17(18,19)20)15(23)14-8-7-11(9-21-14)16(24)25-2/h3-9H,10H2,1-2H3. The van der Waals surface area contributed by atoms with Crippen molar-refractivity contribution in [2.75, 3.05) is 14.2 Å². The van der Waals surface area contributed by atoms with Gasteiger partial charge in [0.25, 0.3) is 5.91 Å². The molecule has 0 N–H and O–H groups in total. The van der Waals surface area contributed by atoms with Gasteiger partial charge >= 0.3 is 12.1 Å². The Morgan fingerprint density at radius 3 is 2.40 bits per heavy atom. The number of amides is 1. The molecule has 0 unspecified atom stereocenters. The van der Waals surface area contributed by atoms with E-state index in [0.717, 1.165) is 11.0 Å². The molecule has 8 heteroatoms. The number of hydrogen-bond acceptors (Lipinski definition) is 4. The van der Waals surface area contributed by atoms with Crippen molar-refractivity contribution in [3.8, 4) is 0 Å². The Kier molecular flexibility index (Phi) is 5.41. The van der Waals surface area contributed by atoms with E-state index in [-0.39, 0.29) is 23.4 Å². The van der Waals surface area contributed by atoms with Crippen LogP contribution in [-0.4, -0.2) is 35.9 Å². The zero-order valence-corrected chi connectivity index (χ0v) is 13.5. The van der Waals surface area contributed by atoms with E-state index >= 15 is 0 Å². The molecule has 132 valence electrons. The predicted octanol–water partition coefficient (Wildman–Crippen LogP) is 3.16. The number of pyridine rings is 1. The molecular formula is C17H15F3N2O3. The van der Waals surface area contributed by atoms with Crippen molar-refractivity contribution >= 4 is 11.9 Å². The van der Waals surface area contributed by atoms with Crippen LogP contribution in [0.5, 0.6) is 0 Å². The number of benzene rings is 1. The zero-order chi connectivity index (χ0) is 18.6. The molecule has 0 aliphatic rings. The van der Waals surface area contributed by atoms with Crippen LogP contribution in [0, 0.1) is 0 Å². The third kappa shape index (κ3) is 4.34. The van der Waals surface area contributed by atoms with Gasteiger partial charge in [-0.25, -0.2) is 4.79 Å². The normalized spacial score (nSPS) is 11.1. The van der Waals surface area contributed by atoms with Gasteiger partial charge in [-0.1, -0.05) is 18.2 Å². The van der Waals surface area contributed by atoms with Crippen molar-refractivity contribution in [2.45, 2.75) is 12.7 Å². The minimum atomic E-state index is -4.50. The monoisotopic (exact) mass is 352 g/mol. The van der Waals surface area contributed by atoms with Gasteiger partial charge in [-0.3, -0.25) is 9.78 Å². The third-order valence-corrected chi connectivity index (χ3v) is 3.48. The molecule has 0 fully saturated rings. The number of esters is 1. The predicted molar refractivity (Wildman–Crippen MR) is 82.8 cm³/mol. The Morgan fingerprint density at radius 1 is 1.16 bits per heavy atom. The number of halogens is 3. The second-order valence-electron chi connectivity index (χ2n) is 5.24. The Labute approximate surface area is 142 Å². The summed E-state index contributed by atoms with van der Waals surface area (Å²) in [5, 5.41) is 0. The van der Waals surface area contributed by atoms with E-state index in [4.69, 9.17) is 0 Å². The molecule has 0 bridgehead atoms. The average Bonchev–Trinajstić information content (AvgIpc) is 2.60. The number of ether oxygens (including phenoxy) is 1. The summed E-state index contributed by atoms with van der Waals surface area (Å²) in [6.45, 7) is -0.227. The van der Waals surface area contributed by atoms with Gasteiger partial charge in [0.05, 0.1) is 18.2 Å². The third-order valence-electron chi connectivity index (χ3n) is 3.48. The number of methoxy groups -OCH3 is 1. The highest BCUT2D eigenvalue weighted by molar-refractivity contribution is 5.94. The van der Waals surface area contributed by atoms with Crippen molar-refractivity contribution in [2.24, 2.45) is 0 Å². The summed E-state index contributed by atoms with van der Waals surface area (Å²) < 4.78 is 43.6. The highest BCUT2D eigenvalue weighted by atomic mass is 19.4. The second-order valence-corrected chi connectivity index (χ2v) is 5.24. The number of aromatic nitrogens is 1. The molecule has 0 radical (unpaired) electrons.